The molecule has 0 saturated carbocycles. The van der Waals surface area contributed by atoms with Gasteiger partial charge in [-0.05, 0) is 24.8 Å². The lowest BCUT2D eigenvalue weighted by Gasteiger charge is -2.02. The smallest absolute Gasteiger partial charge is 0.0675 e. The van der Waals surface area contributed by atoms with Crippen LogP contribution in [0.1, 0.15) is 24.8 Å². The van der Waals surface area contributed by atoms with Crippen molar-refractivity contribution in [1.29, 1.82) is 0 Å². The van der Waals surface area contributed by atoms with E-state index in [9.17, 15) is 0 Å². The van der Waals surface area contributed by atoms with E-state index < -0.39 is 0 Å². The van der Waals surface area contributed by atoms with Crippen molar-refractivity contribution in [3.8, 4) is 0 Å². The molecule has 0 radical (unpaired) electrons. The van der Waals surface area contributed by atoms with Crippen molar-refractivity contribution < 1.29 is 0 Å². The van der Waals surface area contributed by atoms with Gasteiger partial charge in [-0.15, -0.1) is 0 Å². The average molecular weight is 174 g/mol. The van der Waals surface area contributed by atoms with Gasteiger partial charge >= 0.3 is 0 Å². The number of hydrogen-bond donors (Lipinski definition) is 1. The molecule has 0 bridgehead atoms. The lowest BCUT2D eigenvalue weighted by molar-refractivity contribution is 0.686. The average Bonchev–Trinajstić information content (AvgIpc) is 2.47. The zero-order valence-electron chi connectivity index (χ0n) is 7.66. The third-order valence-electron chi connectivity index (χ3n) is 2.27. The maximum atomic E-state index is 4.36. The van der Waals surface area contributed by atoms with Crippen molar-refractivity contribution in [3.05, 3.63) is 35.9 Å². The standard InChI is InChI=1S/C11H14N2/c1-2-6-10(7-3-1)11-8-4-5-9-12-13-11/h1-3,6-7,12H,4-5,8-9H2. The molecular formula is C11H14N2. The van der Waals surface area contributed by atoms with E-state index >= 15 is 0 Å². The van der Waals surface area contributed by atoms with Crippen molar-refractivity contribution in [1.82, 2.24) is 5.43 Å². The molecule has 0 unspecified atom stereocenters. The molecule has 0 fully saturated rings. The van der Waals surface area contributed by atoms with Gasteiger partial charge in [0.15, 0.2) is 0 Å². The Kier molecular flexibility index (Phi) is 2.60. The van der Waals surface area contributed by atoms with Gasteiger partial charge in [-0.3, -0.25) is 0 Å². The maximum Gasteiger partial charge on any atom is 0.0675 e. The van der Waals surface area contributed by atoms with Crippen LogP contribution >= 0.6 is 0 Å². The van der Waals surface area contributed by atoms with Crippen LogP contribution in [0.15, 0.2) is 35.4 Å². The van der Waals surface area contributed by atoms with E-state index in [2.05, 4.69) is 34.8 Å². The minimum atomic E-state index is 1.01. The minimum absolute atomic E-state index is 1.01. The highest BCUT2D eigenvalue weighted by Gasteiger charge is 2.05. The summed E-state index contributed by atoms with van der Waals surface area (Å²) in [5.74, 6) is 0. The number of benzene rings is 1. The molecule has 1 aromatic rings. The molecule has 13 heavy (non-hydrogen) atoms. The van der Waals surface area contributed by atoms with E-state index in [4.69, 9.17) is 0 Å². The van der Waals surface area contributed by atoms with E-state index in [0.717, 1.165) is 13.0 Å². The van der Waals surface area contributed by atoms with Crippen LogP contribution in [0.25, 0.3) is 0 Å². The molecule has 1 heterocycles. The van der Waals surface area contributed by atoms with Gasteiger partial charge in [-0.2, -0.15) is 5.10 Å². The minimum Gasteiger partial charge on any atom is -0.310 e. The molecule has 0 spiro atoms. The molecule has 1 N–H and O–H groups in total. The predicted octanol–water partition coefficient (Wildman–Crippen LogP) is 2.16. The zero-order valence-corrected chi connectivity index (χ0v) is 7.66. The fraction of sp³-hybridized carbons (Fsp3) is 0.364. The van der Waals surface area contributed by atoms with Crippen LogP contribution in [-0.4, -0.2) is 12.3 Å². The summed E-state index contributed by atoms with van der Waals surface area (Å²) in [7, 11) is 0. The molecule has 68 valence electrons. The SMILES string of the molecule is c1ccc(C2=NNCCCC2)cc1. The highest BCUT2D eigenvalue weighted by molar-refractivity contribution is 6.00. The van der Waals surface area contributed by atoms with Gasteiger partial charge in [0.05, 0.1) is 5.71 Å². The monoisotopic (exact) mass is 174 g/mol. The van der Waals surface area contributed by atoms with Crippen molar-refractivity contribution in [2.45, 2.75) is 19.3 Å². The van der Waals surface area contributed by atoms with E-state index in [-0.39, 0.29) is 0 Å². The first kappa shape index (κ1) is 8.30. The molecule has 2 nitrogen and oxygen atoms in total. The second-order valence-electron chi connectivity index (χ2n) is 3.29. The summed E-state index contributed by atoms with van der Waals surface area (Å²) < 4.78 is 0. The highest BCUT2D eigenvalue weighted by atomic mass is 15.3. The van der Waals surface area contributed by atoms with Gasteiger partial charge in [0, 0.05) is 6.54 Å². The van der Waals surface area contributed by atoms with Crippen LogP contribution < -0.4 is 5.43 Å². The van der Waals surface area contributed by atoms with Gasteiger partial charge in [0.2, 0.25) is 0 Å². The number of rotatable bonds is 1. The van der Waals surface area contributed by atoms with Crippen LogP contribution in [0.2, 0.25) is 0 Å². The van der Waals surface area contributed by atoms with Gasteiger partial charge < -0.3 is 5.43 Å². The Bertz CT molecular complexity index is 290. The van der Waals surface area contributed by atoms with E-state index in [1.807, 2.05) is 6.07 Å². The Morgan fingerprint density at radius 2 is 1.92 bits per heavy atom. The quantitative estimate of drug-likeness (QED) is 0.693. The second-order valence-corrected chi connectivity index (χ2v) is 3.29. The molecule has 0 aliphatic carbocycles. The third kappa shape index (κ3) is 2.08. The first-order chi connectivity index (χ1) is 6.47. The van der Waals surface area contributed by atoms with E-state index in [0.29, 0.717) is 0 Å². The number of hydrazone groups is 1. The van der Waals surface area contributed by atoms with Crippen LogP contribution in [0, 0.1) is 0 Å². The summed E-state index contributed by atoms with van der Waals surface area (Å²) in [6, 6.07) is 10.4. The topological polar surface area (TPSA) is 24.4 Å². The molecule has 0 aromatic heterocycles. The lowest BCUT2D eigenvalue weighted by atomic mass is 10.1. The summed E-state index contributed by atoms with van der Waals surface area (Å²) in [6.07, 6.45) is 3.55. The fourth-order valence-electron chi connectivity index (χ4n) is 1.54. The Morgan fingerprint density at radius 1 is 1.08 bits per heavy atom. The van der Waals surface area contributed by atoms with Crippen molar-refractivity contribution in [2.24, 2.45) is 5.10 Å². The summed E-state index contributed by atoms with van der Waals surface area (Å²) in [5.41, 5.74) is 5.52. The summed E-state index contributed by atoms with van der Waals surface area (Å²) in [4.78, 5) is 0. The van der Waals surface area contributed by atoms with E-state index in [1.54, 1.807) is 0 Å². The molecule has 0 atom stereocenters. The summed E-state index contributed by atoms with van der Waals surface area (Å²) in [6.45, 7) is 1.01. The normalized spacial score (nSPS) is 17.1. The Balaban J connectivity index is 2.19. The summed E-state index contributed by atoms with van der Waals surface area (Å²) >= 11 is 0. The molecule has 0 amide bonds. The third-order valence-corrected chi connectivity index (χ3v) is 2.27. The maximum absolute atomic E-state index is 4.36. The molecule has 1 aliphatic heterocycles. The van der Waals surface area contributed by atoms with Crippen LogP contribution in [-0.2, 0) is 0 Å². The number of nitrogens with zero attached hydrogens (tertiary/aromatic N) is 1. The number of hydrogen-bond acceptors (Lipinski definition) is 2. The molecule has 1 aromatic carbocycles. The van der Waals surface area contributed by atoms with Crippen molar-refractivity contribution in [3.63, 3.8) is 0 Å². The van der Waals surface area contributed by atoms with Crippen LogP contribution in [0.4, 0.5) is 0 Å². The van der Waals surface area contributed by atoms with Crippen LogP contribution in [0.3, 0.4) is 0 Å². The predicted molar refractivity (Wildman–Crippen MR) is 54.8 cm³/mol. The molecule has 1 aliphatic rings. The highest BCUT2D eigenvalue weighted by Crippen LogP contribution is 2.09. The van der Waals surface area contributed by atoms with Gasteiger partial charge in [-0.25, -0.2) is 0 Å². The van der Waals surface area contributed by atoms with Gasteiger partial charge in [-0.1, -0.05) is 30.3 Å². The molecule has 0 saturated heterocycles. The first-order valence-corrected chi connectivity index (χ1v) is 4.82. The van der Waals surface area contributed by atoms with Crippen LogP contribution in [0.5, 0.6) is 0 Å². The fourth-order valence-corrected chi connectivity index (χ4v) is 1.54. The number of nitrogens with one attached hydrogen (secondary N) is 1. The molecule has 2 heteroatoms. The van der Waals surface area contributed by atoms with Gasteiger partial charge in [0.1, 0.15) is 0 Å². The largest absolute Gasteiger partial charge is 0.310 e. The lowest BCUT2D eigenvalue weighted by Crippen LogP contribution is -2.07. The first-order valence-electron chi connectivity index (χ1n) is 4.82. The summed E-state index contributed by atoms with van der Waals surface area (Å²) in [5, 5.41) is 4.36. The Hall–Kier alpha value is -1.31. The van der Waals surface area contributed by atoms with Crippen molar-refractivity contribution >= 4 is 5.71 Å². The zero-order chi connectivity index (χ0) is 8.93. The molecular weight excluding hydrogens is 160 g/mol. The Morgan fingerprint density at radius 3 is 2.77 bits per heavy atom. The second kappa shape index (κ2) is 4.08. The molecule has 2 rings (SSSR count). The van der Waals surface area contributed by atoms with Crippen molar-refractivity contribution in [2.75, 3.05) is 6.54 Å². The van der Waals surface area contributed by atoms with Gasteiger partial charge in [0.25, 0.3) is 0 Å². The Labute approximate surface area is 78.7 Å². The van der Waals surface area contributed by atoms with E-state index in [1.165, 1.54) is 24.1 Å².